The molecule has 8 bridgehead atoms. The molecule has 4 unspecified atom stereocenters. The van der Waals surface area contributed by atoms with Crippen molar-refractivity contribution in [2.24, 2.45) is 15.9 Å². The molecule has 1 aromatic heterocycles. The summed E-state index contributed by atoms with van der Waals surface area (Å²) < 4.78 is 16.0. The Hall–Kier alpha value is -3.47. The van der Waals surface area contributed by atoms with Crippen LogP contribution in [0.5, 0.6) is 0 Å². The average Bonchev–Trinajstić information content (AvgIpc) is 3.84. The van der Waals surface area contributed by atoms with Gasteiger partial charge in [0.05, 0.1) is 42.4 Å². The number of allylic oxidation sites excluding steroid dienone is 3. The third kappa shape index (κ3) is 10.1. The topological polar surface area (TPSA) is 155 Å². The smallest absolute Gasteiger partial charge is 0.305 e. The van der Waals surface area contributed by atoms with Gasteiger partial charge in [0.25, 0.3) is 0 Å². The van der Waals surface area contributed by atoms with Crippen molar-refractivity contribution in [3.05, 3.63) is 69.0 Å². The van der Waals surface area contributed by atoms with Crippen LogP contribution in [0.1, 0.15) is 66.2 Å². The van der Waals surface area contributed by atoms with Gasteiger partial charge in [-0.2, -0.15) is 0 Å². The van der Waals surface area contributed by atoms with Gasteiger partial charge < -0.3 is 28.8 Å². The molecule has 5 heterocycles. The summed E-state index contributed by atoms with van der Waals surface area (Å²) in [6.07, 6.45) is 11.8. The number of hydrogen-bond donors (Lipinski definition) is 4. The lowest BCUT2D eigenvalue weighted by molar-refractivity contribution is -0.142. The van der Waals surface area contributed by atoms with Crippen LogP contribution in [0.15, 0.2) is 68.3 Å². The lowest BCUT2D eigenvalue weighted by atomic mass is 9.63. The van der Waals surface area contributed by atoms with Crippen molar-refractivity contribution in [3.63, 3.8) is 0 Å². The molecule has 4 N–H and O–H groups in total. The highest BCUT2D eigenvalue weighted by molar-refractivity contribution is 6.83. The minimum Gasteiger partial charge on any atom is -0.469 e. The molecule has 4 aliphatic rings. The summed E-state index contributed by atoms with van der Waals surface area (Å²) in [7, 11) is 0.296. The normalized spacial score (nSPS) is 28.3. The Balaban J connectivity index is 0.000000665. The Bertz CT molecular complexity index is 1930. The van der Waals surface area contributed by atoms with Gasteiger partial charge in [0, 0.05) is 48.2 Å². The average molecular weight is 793 g/mol. The van der Waals surface area contributed by atoms with Crippen LogP contribution in [0.25, 0.3) is 12.2 Å². The van der Waals surface area contributed by atoms with E-state index >= 15 is 0 Å². The van der Waals surface area contributed by atoms with E-state index in [0.29, 0.717) is 25.7 Å². The molecule has 4 atom stereocenters. The molecule has 0 radical (unpaired) electrons. The number of carbonyl (C=O) groups is 2. The molecular weight excluding hydrogens is 729 g/mol. The molecule has 13 heteroatoms. The van der Waals surface area contributed by atoms with Crippen LogP contribution in [0, 0.1) is 5.92 Å². The molecule has 0 aromatic carbocycles. The van der Waals surface area contributed by atoms with Crippen LogP contribution in [-0.4, -0.2) is 99.2 Å². The second-order valence-corrected chi connectivity index (χ2v) is 26.4. The lowest BCUT2D eigenvalue weighted by Crippen LogP contribution is -2.61. The van der Waals surface area contributed by atoms with E-state index in [1.807, 2.05) is 43.4 Å². The molecule has 11 nitrogen and oxygen atoms in total. The number of ether oxygens (including phenoxy) is 2. The Morgan fingerprint density at radius 2 is 1.47 bits per heavy atom. The van der Waals surface area contributed by atoms with E-state index in [2.05, 4.69) is 76.4 Å². The monoisotopic (exact) mass is 792 g/mol. The Kier molecular flexibility index (Phi) is 14.0. The lowest BCUT2D eigenvalue weighted by Gasteiger charge is -2.48. The van der Waals surface area contributed by atoms with Crippen LogP contribution in [0.3, 0.4) is 0 Å². The Morgan fingerprint density at radius 1 is 0.855 bits per heavy atom. The molecule has 0 amide bonds. The zero-order valence-corrected chi connectivity index (χ0v) is 37.1. The van der Waals surface area contributed by atoms with Gasteiger partial charge in [-0.25, -0.2) is 4.99 Å². The minimum atomic E-state index is -1.23. The van der Waals surface area contributed by atoms with Gasteiger partial charge in [-0.05, 0) is 145 Å². The van der Waals surface area contributed by atoms with Crippen molar-refractivity contribution in [1.82, 2.24) is 10.3 Å². The highest BCUT2D eigenvalue weighted by Gasteiger charge is 2.58. The van der Waals surface area contributed by atoms with E-state index in [4.69, 9.17) is 23.6 Å². The first-order valence-electron chi connectivity index (χ1n) is 19.4. The van der Waals surface area contributed by atoms with Gasteiger partial charge >= 0.3 is 11.9 Å². The van der Waals surface area contributed by atoms with Crippen LogP contribution in [0.2, 0.25) is 39.3 Å². The first-order chi connectivity index (χ1) is 25.7. The fourth-order valence-electron chi connectivity index (χ4n) is 9.03. The van der Waals surface area contributed by atoms with E-state index in [0.717, 1.165) is 50.1 Å². The number of aliphatic hydroxyl groups is 2. The second kappa shape index (κ2) is 17.4. The first-order valence-corrected chi connectivity index (χ1v) is 26.2. The van der Waals surface area contributed by atoms with Gasteiger partial charge in [-0.15, -0.1) is 0 Å². The molecule has 0 saturated heterocycles. The molecule has 302 valence electrons. The number of carbonyl (C=O) groups excluding carboxylic acids is 2. The van der Waals surface area contributed by atoms with Crippen LogP contribution >= 0.6 is 0 Å². The SMILES string of the molecule is COC(=O)CCC1=C(C)C2=NC1(CCC(=O)OC)C(C)C1(CCO)NC(C)(/C=C3/C=CC(=N3)/C=c3/cc/c([nH]3)=C/2)C(CCO)=C1C.C[Si](C)(C)O[Si](C)(C)C. The third-order valence-electron chi connectivity index (χ3n) is 11.0. The van der Waals surface area contributed by atoms with Crippen molar-refractivity contribution < 1.29 is 33.4 Å². The zero-order valence-electron chi connectivity index (χ0n) is 35.1. The molecule has 55 heavy (non-hydrogen) atoms. The highest BCUT2D eigenvalue weighted by atomic mass is 28.4. The number of methoxy groups -OCH3 is 2. The standard InChI is InChI=1S/C36H46N4O6.C6H18OSi2/c1-22-29(11-12-32(43)45-5)36(15-13-33(44)46-6)24(3)35(16-18-42)23(2)30(14-17-41)34(4,40-35)21-28-10-9-26(38-28)19-25-7-8-27(37-25)20-31(22)39-36;1-8(2,3)7-9(4,5)6/h7-10,19-21,24,37,40-42H,11-18H2,1-6H3;1-6H3/b25-19-,27-20-,28-21-;. The number of esters is 2. The quantitative estimate of drug-likeness (QED) is 0.125. The number of nitrogens with one attached hydrogen (secondary N) is 2. The Morgan fingerprint density at radius 3 is 2.04 bits per heavy atom. The van der Waals surface area contributed by atoms with Crippen LogP contribution in [0.4, 0.5) is 0 Å². The predicted molar refractivity (Wildman–Crippen MR) is 226 cm³/mol. The number of hydrogen-bond acceptors (Lipinski definition) is 10. The summed E-state index contributed by atoms with van der Waals surface area (Å²) in [5.41, 5.74) is 3.85. The summed E-state index contributed by atoms with van der Waals surface area (Å²) in [5, 5.41) is 26.6. The Labute approximate surface area is 329 Å². The maximum Gasteiger partial charge on any atom is 0.305 e. The van der Waals surface area contributed by atoms with Crippen molar-refractivity contribution in [3.8, 4) is 0 Å². The summed E-state index contributed by atoms with van der Waals surface area (Å²) in [6, 6.07) is 3.99. The summed E-state index contributed by atoms with van der Waals surface area (Å²) in [5.74, 6) is -1.00. The second-order valence-electron chi connectivity index (χ2n) is 17.2. The largest absolute Gasteiger partial charge is 0.469 e. The molecule has 4 aliphatic heterocycles. The highest BCUT2D eigenvalue weighted by Crippen LogP contribution is 2.54. The minimum absolute atomic E-state index is 0.0437. The molecule has 1 aromatic rings. The number of fused-ring (bicyclic) bond motifs is 6. The van der Waals surface area contributed by atoms with Crippen LogP contribution in [-0.2, 0) is 23.2 Å². The molecule has 0 saturated carbocycles. The summed E-state index contributed by atoms with van der Waals surface area (Å²) in [6.45, 7) is 21.6. The van der Waals surface area contributed by atoms with Crippen molar-refractivity contribution in [2.45, 2.75) is 122 Å². The van der Waals surface area contributed by atoms with E-state index < -0.39 is 33.3 Å². The maximum atomic E-state index is 12.7. The van der Waals surface area contributed by atoms with E-state index in [-0.39, 0.29) is 43.9 Å². The number of aromatic nitrogens is 1. The fourth-order valence-corrected chi connectivity index (χ4v) is 16.4. The molecule has 5 rings (SSSR count). The number of aromatic amines is 1. The van der Waals surface area contributed by atoms with Gasteiger partial charge in [-0.1, -0.05) is 12.5 Å². The van der Waals surface area contributed by atoms with E-state index in [9.17, 15) is 19.8 Å². The zero-order chi connectivity index (χ0) is 41.0. The van der Waals surface area contributed by atoms with Crippen molar-refractivity contribution in [2.75, 3.05) is 27.4 Å². The van der Waals surface area contributed by atoms with E-state index in [1.54, 1.807) is 0 Å². The van der Waals surface area contributed by atoms with Crippen LogP contribution < -0.4 is 16.0 Å². The molecule has 0 spiro atoms. The molecule has 0 aliphatic carbocycles. The number of aliphatic hydroxyl groups excluding tert-OH is 2. The number of rotatable bonds is 12. The fraction of sp³-hybridized carbons (Fsp3) is 0.571. The third-order valence-corrected chi connectivity index (χ3v) is 15.9. The molecule has 0 fully saturated rings. The van der Waals surface area contributed by atoms with Gasteiger partial charge in [-0.3, -0.25) is 19.9 Å². The van der Waals surface area contributed by atoms with Crippen molar-refractivity contribution >= 4 is 52.1 Å². The van der Waals surface area contributed by atoms with E-state index in [1.165, 1.54) is 14.2 Å². The maximum absolute atomic E-state index is 12.7. The van der Waals surface area contributed by atoms with Gasteiger partial charge in [0.15, 0.2) is 16.6 Å². The number of H-pyrrole nitrogens is 1. The molecular formula is C42H64N4O7Si2. The summed E-state index contributed by atoms with van der Waals surface area (Å²) in [4.78, 5) is 39.1. The number of nitrogens with zero attached hydrogens (tertiary/aromatic N) is 2. The number of aliphatic imine (C=N–C) groups is 2. The predicted octanol–water partition coefficient (Wildman–Crippen LogP) is 5.39. The van der Waals surface area contributed by atoms with Gasteiger partial charge in [0.1, 0.15) is 0 Å². The van der Waals surface area contributed by atoms with Gasteiger partial charge in [0.2, 0.25) is 0 Å². The summed E-state index contributed by atoms with van der Waals surface area (Å²) >= 11 is 0. The first kappa shape index (κ1) is 44.3. The van der Waals surface area contributed by atoms with Crippen molar-refractivity contribution in [1.29, 1.82) is 0 Å².